The molecule has 0 saturated carbocycles. The van der Waals surface area contributed by atoms with E-state index in [2.05, 4.69) is 42.5 Å². The standard InChI is InChI=1S/C68H78N12O22S4/c1-34(2)27-46-62(88)78-49(31-52(71)82)65(91)79-50(33-104-103-26-23-53(83)74-47(29-36-13-16-38(81)17-14-36)63(89)77-48(64(90)76-46)28-35-9-4-3-5-10-35)67(93)80-25-8-12-51(80)66(92)75-45(61(87)73-32-54(84)85)11-6-7-24-72-60(86)37-15-18-39(42(30-37)68(94)95)55-40-19-21-43(69)58(105(96,97)98)56(40)102-57-41(55)20-22-44(70)59(57)106(99,100)101/h3-5,9-10,13-22,30,34,45-51,69,81H,6-8,11-12,23-29,31-33,70H2,1-2H3,(H2,71,82)(H,72,86)(H,73,87)(H,74,83)(H,75,92)(H,76,90)(H,77,89)(H,78,88)(H,79,91)(H,84,85)(H,94,95)(H,96,97,98)(H,99,100,101)/t45-,46-,47-,48-,49-,50-,51-/m0/s1. The van der Waals surface area contributed by atoms with Gasteiger partial charge in [0.2, 0.25) is 53.2 Å². The van der Waals surface area contributed by atoms with E-state index >= 15 is 0 Å². The zero-order valence-corrected chi connectivity index (χ0v) is 60.1. The number of anilines is 1. The molecule has 38 heteroatoms. The molecule has 8 rings (SSSR count). The van der Waals surface area contributed by atoms with Crippen LogP contribution >= 0.6 is 21.6 Å². The lowest BCUT2D eigenvalue weighted by Crippen LogP contribution is -2.61. The normalized spacial score (nSPS) is 19.2. The summed E-state index contributed by atoms with van der Waals surface area (Å²) in [5, 5.41) is 57.9. The third-order valence-corrected chi connectivity index (χ3v) is 21.3. The number of phenolic OH excluding ortho intramolecular Hbond substituents is 1. The summed E-state index contributed by atoms with van der Waals surface area (Å²) in [5.41, 5.74) is 9.62. The van der Waals surface area contributed by atoms with E-state index in [9.17, 15) is 98.8 Å². The zero-order chi connectivity index (χ0) is 77.5. The Hall–Kier alpha value is -10.7. The van der Waals surface area contributed by atoms with Gasteiger partial charge in [0, 0.05) is 65.9 Å². The van der Waals surface area contributed by atoms with Gasteiger partial charge in [0.25, 0.3) is 26.1 Å². The van der Waals surface area contributed by atoms with Crippen molar-refractivity contribution in [2.45, 2.75) is 130 Å². The highest BCUT2D eigenvalue weighted by molar-refractivity contribution is 8.76. The number of unbranched alkanes of at least 4 members (excludes halogenated alkanes) is 1. The van der Waals surface area contributed by atoms with E-state index in [1.54, 1.807) is 56.3 Å². The highest BCUT2D eigenvalue weighted by Crippen LogP contribution is 2.46. The summed E-state index contributed by atoms with van der Waals surface area (Å²) in [6.07, 6.45) is -1.12. The van der Waals surface area contributed by atoms with Crippen molar-refractivity contribution in [3.63, 3.8) is 0 Å². The molecule has 34 nitrogen and oxygen atoms in total. The summed E-state index contributed by atoms with van der Waals surface area (Å²) in [6, 6.07) is 11.8. The third kappa shape index (κ3) is 21.3. The number of nitrogen functional groups attached to an aromatic ring is 1. The van der Waals surface area contributed by atoms with Crippen molar-refractivity contribution < 1.29 is 103 Å². The fourth-order valence-corrected chi connectivity index (χ4v) is 15.7. The largest absolute Gasteiger partial charge is 0.508 e. The second kappa shape index (κ2) is 35.9. The van der Waals surface area contributed by atoms with Crippen LogP contribution in [-0.4, -0.2) is 191 Å². The fraction of sp³-hybridized carbons (Fsp3) is 0.368. The van der Waals surface area contributed by atoms with Gasteiger partial charge in [-0.3, -0.25) is 67.3 Å². The van der Waals surface area contributed by atoms with Crippen molar-refractivity contribution in [1.29, 1.82) is 5.41 Å². The van der Waals surface area contributed by atoms with E-state index in [1.165, 1.54) is 18.2 Å². The zero-order valence-electron chi connectivity index (χ0n) is 56.9. The number of rotatable bonds is 24. The fourth-order valence-electron chi connectivity index (χ4n) is 12.1. The summed E-state index contributed by atoms with van der Waals surface area (Å²) >= 11 is 0. The Morgan fingerprint density at radius 3 is 1.99 bits per heavy atom. The molecular formula is C68H78N12O22S4. The number of hydrogen-bond acceptors (Lipinski definition) is 22. The van der Waals surface area contributed by atoms with E-state index in [1.807, 2.05) is 0 Å². The number of nitrogens with one attached hydrogen (secondary N) is 9. The molecule has 0 unspecified atom stereocenters. The Morgan fingerprint density at radius 2 is 1.35 bits per heavy atom. The number of nitrogens with two attached hydrogens (primary N) is 2. The summed E-state index contributed by atoms with van der Waals surface area (Å²) in [7, 11) is -8.51. The number of benzene rings is 5. The lowest BCUT2D eigenvalue weighted by Gasteiger charge is -2.31. The van der Waals surface area contributed by atoms with Crippen LogP contribution in [-0.2, 0) is 81.0 Å². The minimum atomic E-state index is -5.33. The molecule has 0 spiro atoms. The van der Waals surface area contributed by atoms with Gasteiger partial charge in [-0.2, -0.15) is 16.8 Å². The minimum absolute atomic E-state index is 0.0108. The molecule has 2 fully saturated rings. The van der Waals surface area contributed by atoms with Gasteiger partial charge in [0.15, 0.2) is 21.1 Å². The number of aromatic carboxylic acids is 1. The van der Waals surface area contributed by atoms with Crippen molar-refractivity contribution in [2.75, 3.05) is 36.9 Å². The number of amides is 10. The minimum Gasteiger partial charge on any atom is -0.508 e. The molecule has 106 heavy (non-hydrogen) atoms. The topological polar surface area (TPSA) is 563 Å². The number of aromatic hydroxyl groups is 1. The average molecular weight is 1540 g/mol. The number of carbonyl (C=O) groups is 12. The molecule has 0 bridgehead atoms. The lowest BCUT2D eigenvalue weighted by atomic mass is 9.89. The number of carboxylic acid groups (broad SMARTS) is 2. The van der Waals surface area contributed by atoms with Crippen LogP contribution in [0.4, 0.5) is 5.69 Å². The highest BCUT2D eigenvalue weighted by atomic mass is 33.1. The summed E-state index contributed by atoms with van der Waals surface area (Å²) in [4.78, 5) is 165. The number of primary amides is 1. The molecule has 3 aliphatic heterocycles. The third-order valence-electron chi connectivity index (χ3n) is 17.1. The highest BCUT2D eigenvalue weighted by Gasteiger charge is 2.41. The molecule has 0 aromatic heterocycles. The maximum absolute atomic E-state index is 14.9. The number of likely N-dealkylation sites (tertiary alicyclic amines) is 1. The Bertz CT molecular complexity index is 4660. The van der Waals surface area contributed by atoms with Crippen LogP contribution in [0.25, 0.3) is 33.4 Å². The number of hydrogen-bond donors (Lipinski definition) is 16. The van der Waals surface area contributed by atoms with Gasteiger partial charge in [-0.1, -0.05) is 84.0 Å². The second-order valence-corrected chi connectivity index (χ2v) is 30.7. The van der Waals surface area contributed by atoms with Crippen LogP contribution in [0.5, 0.6) is 5.75 Å². The quantitative estimate of drug-likeness (QED) is 0.0134. The Labute approximate surface area is 613 Å². The molecule has 566 valence electrons. The van der Waals surface area contributed by atoms with E-state index in [4.69, 9.17) is 21.3 Å². The number of nitrogens with zero attached hydrogens (tertiary/aromatic N) is 1. The molecule has 10 amide bonds. The Morgan fingerprint density at radius 1 is 0.726 bits per heavy atom. The summed E-state index contributed by atoms with van der Waals surface area (Å²) in [6.45, 7) is 2.37. The molecule has 7 atom stereocenters. The first-order valence-electron chi connectivity index (χ1n) is 33.0. The van der Waals surface area contributed by atoms with Crippen molar-refractivity contribution in [3.05, 3.63) is 125 Å². The second-order valence-electron chi connectivity index (χ2n) is 25.4. The monoisotopic (exact) mass is 1540 g/mol. The predicted molar refractivity (Wildman–Crippen MR) is 383 cm³/mol. The van der Waals surface area contributed by atoms with Gasteiger partial charge < -0.3 is 78.6 Å². The van der Waals surface area contributed by atoms with Gasteiger partial charge in [0.1, 0.15) is 54.6 Å². The Balaban J connectivity index is 0.993. The maximum Gasteiger partial charge on any atom is 0.336 e. The number of carboxylic acids is 2. The smallest absolute Gasteiger partial charge is 0.336 e. The van der Waals surface area contributed by atoms with E-state index in [0.29, 0.717) is 11.1 Å². The molecule has 2 saturated heterocycles. The first-order chi connectivity index (χ1) is 50.1. The summed E-state index contributed by atoms with van der Waals surface area (Å²) in [5.74, 6) is -13.3. The lowest BCUT2D eigenvalue weighted by molar-refractivity contribution is -0.142. The Kier molecular flexibility index (Phi) is 27.4. The van der Waals surface area contributed by atoms with Crippen LogP contribution in [0.1, 0.15) is 97.1 Å². The predicted octanol–water partition coefficient (Wildman–Crippen LogP) is 1.36. The maximum atomic E-state index is 14.9. The molecule has 3 heterocycles. The first-order valence-corrected chi connectivity index (χ1v) is 38.4. The van der Waals surface area contributed by atoms with Crippen molar-refractivity contribution in [1.82, 2.24) is 47.4 Å². The number of carbonyl (C=O) groups excluding carboxylic acids is 10. The first kappa shape index (κ1) is 81.0. The molecular weight excluding hydrogens is 1470 g/mol. The van der Waals surface area contributed by atoms with Crippen LogP contribution < -0.4 is 59.4 Å². The van der Waals surface area contributed by atoms with Gasteiger partial charge >= 0.3 is 11.9 Å². The molecule has 18 N–H and O–H groups in total. The van der Waals surface area contributed by atoms with Crippen LogP contribution in [0.3, 0.4) is 0 Å². The molecule has 4 aromatic carbocycles. The number of fused-ring (bicyclic) bond motifs is 2. The molecule has 4 aliphatic rings. The molecule has 4 aromatic rings. The van der Waals surface area contributed by atoms with Crippen LogP contribution in [0.2, 0.25) is 0 Å². The van der Waals surface area contributed by atoms with Gasteiger partial charge in [-0.05, 0) is 110 Å². The molecule has 1 aliphatic carbocycles. The number of phenols is 1. The SMILES string of the molecule is CC(C)C[C@@H]1NC(=O)[C@H](Cc2ccccc2)NC(=O)[C@H](Cc2ccc(O)cc2)NC(=O)CCSSC[C@@H](C(=O)N2CCC[C@H]2C(=O)N[C@@H](CCCCNC(=O)c2ccc(-c3c4ccc(=N)c(S(=O)(=O)O)c-4oc4c(S(=O)(=O)O)c(N)ccc34)c(C(=O)O)c2)C(=O)NCC(=O)O)NC(=O)[C@H](CC(N)=O)NC1=O. The number of aliphatic carboxylic acids is 1. The average Bonchev–Trinajstić information content (AvgIpc) is 0.795. The van der Waals surface area contributed by atoms with Crippen LogP contribution in [0.15, 0.2) is 111 Å². The van der Waals surface area contributed by atoms with E-state index in [0.717, 1.165) is 62.9 Å². The van der Waals surface area contributed by atoms with Gasteiger partial charge in [0.05, 0.1) is 23.0 Å². The van der Waals surface area contributed by atoms with Crippen molar-refractivity contribution in [3.8, 4) is 28.2 Å². The van der Waals surface area contributed by atoms with Crippen molar-refractivity contribution in [2.24, 2.45) is 11.7 Å². The van der Waals surface area contributed by atoms with Gasteiger partial charge in [-0.25, -0.2) is 4.79 Å². The van der Waals surface area contributed by atoms with Gasteiger partial charge in [-0.15, -0.1) is 0 Å². The van der Waals surface area contributed by atoms with Crippen LogP contribution in [0, 0.1) is 11.3 Å². The molecule has 0 radical (unpaired) electrons. The van der Waals surface area contributed by atoms with E-state index < -0.39 is 184 Å². The van der Waals surface area contributed by atoms with Crippen molar-refractivity contribution >= 4 is 129 Å². The van der Waals surface area contributed by atoms with E-state index in [-0.39, 0.29) is 122 Å². The summed E-state index contributed by atoms with van der Waals surface area (Å²) < 4.78 is 76.8.